The minimum Gasteiger partial charge on any atom is -0.480 e. The zero-order chi connectivity index (χ0) is 12.7. The van der Waals surface area contributed by atoms with Gasteiger partial charge in [0, 0.05) is 12.8 Å². The molecule has 1 aromatic rings. The molecule has 0 aliphatic carbocycles. The summed E-state index contributed by atoms with van der Waals surface area (Å²) in [6.45, 7) is 1.88. The fourth-order valence-corrected chi connectivity index (χ4v) is 1.54. The second kappa shape index (κ2) is 6.68. The minimum atomic E-state index is -1.00. The quantitative estimate of drug-likeness (QED) is 0.787. The first-order valence-corrected chi connectivity index (χ1v) is 5.69. The summed E-state index contributed by atoms with van der Waals surface area (Å²) in [5.74, 6) is -1.21. The molecule has 1 rings (SSSR count). The average Bonchev–Trinajstić information content (AvgIpc) is 2.29. The SMILES string of the molecule is CCCC(=O)N[C@H](Cc1ccccc1)C(=O)O. The summed E-state index contributed by atoms with van der Waals surface area (Å²) in [6, 6.07) is 8.42. The van der Waals surface area contributed by atoms with Gasteiger partial charge >= 0.3 is 5.97 Å². The van der Waals surface area contributed by atoms with Gasteiger partial charge in [-0.3, -0.25) is 4.79 Å². The predicted molar refractivity (Wildman–Crippen MR) is 64.6 cm³/mol. The molecule has 4 heteroatoms. The van der Waals surface area contributed by atoms with Crippen LogP contribution in [0.15, 0.2) is 30.3 Å². The van der Waals surface area contributed by atoms with E-state index in [2.05, 4.69) is 5.32 Å². The Hall–Kier alpha value is -1.84. The molecule has 0 radical (unpaired) electrons. The minimum absolute atomic E-state index is 0.212. The molecule has 0 saturated heterocycles. The first kappa shape index (κ1) is 13.2. The molecule has 1 atom stereocenters. The van der Waals surface area contributed by atoms with Gasteiger partial charge in [-0.1, -0.05) is 37.3 Å². The molecule has 0 aliphatic heterocycles. The Morgan fingerprint density at radius 1 is 1.29 bits per heavy atom. The molecule has 92 valence electrons. The second-order valence-corrected chi connectivity index (χ2v) is 3.90. The van der Waals surface area contributed by atoms with E-state index in [0.717, 1.165) is 5.56 Å². The van der Waals surface area contributed by atoms with Crippen molar-refractivity contribution in [3.05, 3.63) is 35.9 Å². The van der Waals surface area contributed by atoms with Crippen LogP contribution in [0, 0.1) is 0 Å². The molecule has 17 heavy (non-hydrogen) atoms. The highest BCUT2D eigenvalue weighted by atomic mass is 16.4. The third-order valence-electron chi connectivity index (χ3n) is 2.39. The highest BCUT2D eigenvalue weighted by molar-refractivity contribution is 5.83. The summed E-state index contributed by atoms with van der Waals surface area (Å²) >= 11 is 0. The molecule has 0 saturated carbocycles. The lowest BCUT2D eigenvalue weighted by Crippen LogP contribution is -2.42. The zero-order valence-electron chi connectivity index (χ0n) is 9.85. The van der Waals surface area contributed by atoms with Crippen LogP contribution >= 0.6 is 0 Å². The van der Waals surface area contributed by atoms with Crippen LogP contribution in [0.4, 0.5) is 0 Å². The van der Waals surface area contributed by atoms with Crippen molar-refractivity contribution in [3.8, 4) is 0 Å². The molecule has 0 aromatic heterocycles. The lowest BCUT2D eigenvalue weighted by atomic mass is 10.1. The summed E-state index contributed by atoms with van der Waals surface area (Å²) in [7, 11) is 0. The fraction of sp³-hybridized carbons (Fsp3) is 0.385. The maximum atomic E-state index is 11.4. The molecular formula is C13H17NO3. The normalized spacial score (nSPS) is 11.8. The number of carbonyl (C=O) groups excluding carboxylic acids is 1. The first-order valence-electron chi connectivity index (χ1n) is 5.69. The number of aliphatic carboxylic acids is 1. The number of nitrogens with one attached hydrogen (secondary N) is 1. The number of carboxylic acids is 1. The van der Waals surface area contributed by atoms with Crippen LogP contribution in [0.1, 0.15) is 25.3 Å². The van der Waals surface area contributed by atoms with Gasteiger partial charge < -0.3 is 10.4 Å². The van der Waals surface area contributed by atoms with Crippen molar-refractivity contribution in [2.75, 3.05) is 0 Å². The van der Waals surface area contributed by atoms with Crippen LogP contribution in [0.5, 0.6) is 0 Å². The van der Waals surface area contributed by atoms with Crippen molar-refractivity contribution in [1.82, 2.24) is 5.32 Å². The van der Waals surface area contributed by atoms with Crippen LogP contribution < -0.4 is 5.32 Å². The van der Waals surface area contributed by atoms with Gasteiger partial charge in [-0.15, -0.1) is 0 Å². The van der Waals surface area contributed by atoms with Crippen LogP contribution in [0.3, 0.4) is 0 Å². The van der Waals surface area contributed by atoms with Crippen LogP contribution in [-0.2, 0) is 16.0 Å². The van der Waals surface area contributed by atoms with Crippen molar-refractivity contribution in [1.29, 1.82) is 0 Å². The molecule has 0 bridgehead atoms. The van der Waals surface area contributed by atoms with Crippen molar-refractivity contribution >= 4 is 11.9 Å². The Labute approximate surface area is 101 Å². The third-order valence-corrected chi connectivity index (χ3v) is 2.39. The number of hydrogen-bond donors (Lipinski definition) is 2. The Balaban J connectivity index is 2.61. The lowest BCUT2D eigenvalue weighted by molar-refractivity contribution is -0.141. The summed E-state index contributed by atoms with van der Waals surface area (Å²) in [4.78, 5) is 22.4. The number of carboxylic acid groups (broad SMARTS) is 1. The highest BCUT2D eigenvalue weighted by Crippen LogP contribution is 2.04. The van der Waals surface area contributed by atoms with Crippen molar-refractivity contribution < 1.29 is 14.7 Å². The summed E-state index contributed by atoms with van der Waals surface area (Å²) < 4.78 is 0. The average molecular weight is 235 g/mol. The summed E-state index contributed by atoms with van der Waals surface area (Å²) in [5.41, 5.74) is 0.900. The zero-order valence-corrected chi connectivity index (χ0v) is 9.85. The van der Waals surface area contributed by atoms with Gasteiger partial charge in [0.25, 0.3) is 0 Å². The number of rotatable bonds is 6. The van der Waals surface area contributed by atoms with Crippen LogP contribution in [0.25, 0.3) is 0 Å². The van der Waals surface area contributed by atoms with E-state index < -0.39 is 12.0 Å². The van der Waals surface area contributed by atoms with Gasteiger partial charge in [-0.2, -0.15) is 0 Å². The monoisotopic (exact) mass is 235 g/mol. The van der Waals surface area contributed by atoms with E-state index in [4.69, 9.17) is 5.11 Å². The first-order chi connectivity index (χ1) is 8.13. The van der Waals surface area contributed by atoms with E-state index in [0.29, 0.717) is 19.3 Å². The van der Waals surface area contributed by atoms with E-state index >= 15 is 0 Å². The standard InChI is InChI=1S/C13H17NO3/c1-2-6-12(15)14-11(13(16)17)9-10-7-4-3-5-8-10/h3-5,7-8,11H,2,6,9H2,1H3,(H,14,15)(H,16,17)/t11-/m1/s1. The Kier molecular flexibility index (Phi) is 5.20. The number of amides is 1. The maximum absolute atomic E-state index is 11.4. The van der Waals surface area contributed by atoms with Gasteiger partial charge in [0.15, 0.2) is 0 Å². The van der Waals surface area contributed by atoms with Gasteiger partial charge in [-0.05, 0) is 12.0 Å². The van der Waals surface area contributed by atoms with E-state index in [1.54, 1.807) is 0 Å². The van der Waals surface area contributed by atoms with Crippen molar-refractivity contribution in [2.45, 2.75) is 32.2 Å². The molecule has 2 N–H and O–H groups in total. The second-order valence-electron chi connectivity index (χ2n) is 3.90. The highest BCUT2D eigenvalue weighted by Gasteiger charge is 2.19. The van der Waals surface area contributed by atoms with Crippen molar-refractivity contribution in [2.24, 2.45) is 0 Å². The van der Waals surface area contributed by atoms with Gasteiger partial charge in [0.1, 0.15) is 6.04 Å². The molecule has 1 aromatic carbocycles. The Morgan fingerprint density at radius 2 is 1.94 bits per heavy atom. The van der Waals surface area contributed by atoms with E-state index in [1.165, 1.54) is 0 Å². The largest absolute Gasteiger partial charge is 0.480 e. The smallest absolute Gasteiger partial charge is 0.326 e. The molecule has 0 heterocycles. The number of benzene rings is 1. The van der Waals surface area contributed by atoms with Crippen LogP contribution in [0.2, 0.25) is 0 Å². The Bertz CT molecular complexity index is 376. The molecule has 0 spiro atoms. The van der Waals surface area contributed by atoms with E-state index in [-0.39, 0.29) is 5.91 Å². The Morgan fingerprint density at radius 3 is 2.47 bits per heavy atom. The van der Waals surface area contributed by atoms with Gasteiger partial charge in [-0.25, -0.2) is 4.79 Å². The fourth-order valence-electron chi connectivity index (χ4n) is 1.54. The maximum Gasteiger partial charge on any atom is 0.326 e. The molecule has 0 unspecified atom stereocenters. The van der Waals surface area contributed by atoms with Crippen molar-refractivity contribution in [3.63, 3.8) is 0 Å². The van der Waals surface area contributed by atoms with E-state index in [9.17, 15) is 9.59 Å². The topological polar surface area (TPSA) is 66.4 Å². The number of hydrogen-bond acceptors (Lipinski definition) is 2. The van der Waals surface area contributed by atoms with Gasteiger partial charge in [0.2, 0.25) is 5.91 Å². The van der Waals surface area contributed by atoms with E-state index in [1.807, 2.05) is 37.3 Å². The summed E-state index contributed by atoms with van der Waals surface area (Å²) in [5, 5.41) is 11.6. The molecule has 0 fully saturated rings. The third kappa shape index (κ3) is 4.68. The lowest BCUT2D eigenvalue weighted by Gasteiger charge is -2.14. The molecule has 4 nitrogen and oxygen atoms in total. The number of carbonyl (C=O) groups is 2. The van der Waals surface area contributed by atoms with Gasteiger partial charge in [0.05, 0.1) is 0 Å². The molecule has 0 aliphatic rings. The molecular weight excluding hydrogens is 218 g/mol. The van der Waals surface area contributed by atoms with Crippen LogP contribution in [-0.4, -0.2) is 23.0 Å². The summed E-state index contributed by atoms with van der Waals surface area (Å²) in [6.07, 6.45) is 1.38. The molecule has 1 amide bonds. The predicted octanol–water partition coefficient (Wildman–Crippen LogP) is 1.60.